The lowest BCUT2D eigenvalue weighted by atomic mass is 10.1. The lowest BCUT2D eigenvalue weighted by Crippen LogP contribution is -2.25. The van der Waals surface area contributed by atoms with Gasteiger partial charge in [0.05, 0.1) is 6.42 Å². The zero-order chi connectivity index (χ0) is 16.9. The summed E-state index contributed by atoms with van der Waals surface area (Å²) in [6.07, 6.45) is -2.53. The van der Waals surface area contributed by atoms with Crippen LogP contribution in [0.3, 0.4) is 0 Å². The number of amides is 1. The molecule has 0 saturated heterocycles. The maximum atomic E-state index is 12.4. The van der Waals surface area contributed by atoms with Crippen LogP contribution >= 0.6 is 0 Å². The van der Waals surface area contributed by atoms with Gasteiger partial charge in [0.1, 0.15) is 0 Å². The van der Waals surface area contributed by atoms with Gasteiger partial charge < -0.3 is 9.84 Å². The van der Waals surface area contributed by atoms with Crippen LogP contribution in [-0.2, 0) is 17.4 Å². The first-order chi connectivity index (χ1) is 10.9. The summed E-state index contributed by atoms with van der Waals surface area (Å²) in [5.74, 6) is -1.62. The number of rotatable bonds is 6. The maximum Gasteiger partial charge on any atom is 0.471 e. The second kappa shape index (κ2) is 7.26. The average molecular weight is 327 g/mol. The van der Waals surface area contributed by atoms with Gasteiger partial charge in [-0.15, -0.1) is 0 Å². The van der Waals surface area contributed by atoms with Crippen LogP contribution < -0.4 is 5.32 Å². The third-order valence-corrected chi connectivity index (χ3v) is 3.10. The molecule has 1 amide bonds. The summed E-state index contributed by atoms with van der Waals surface area (Å²) in [5.41, 5.74) is 1.14. The van der Waals surface area contributed by atoms with Crippen LogP contribution in [-0.4, -0.2) is 22.6 Å². The lowest BCUT2D eigenvalue weighted by Gasteiger charge is -2.04. The van der Waals surface area contributed by atoms with Gasteiger partial charge in [0.15, 0.2) is 0 Å². The molecule has 0 radical (unpaired) electrons. The predicted molar refractivity (Wildman–Crippen MR) is 76.4 cm³/mol. The van der Waals surface area contributed by atoms with Crippen molar-refractivity contribution in [3.05, 3.63) is 35.7 Å². The van der Waals surface area contributed by atoms with Crippen LogP contribution in [0.2, 0.25) is 0 Å². The molecule has 0 aliphatic rings. The van der Waals surface area contributed by atoms with E-state index in [1.54, 1.807) is 24.3 Å². The zero-order valence-electron chi connectivity index (χ0n) is 12.5. The largest absolute Gasteiger partial charge is 0.471 e. The Hall–Kier alpha value is -2.38. The second-order valence-corrected chi connectivity index (χ2v) is 5.00. The first-order valence-corrected chi connectivity index (χ1v) is 7.17. The Morgan fingerprint density at radius 3 is 2.52 bits per heavy atom. The number of benzene rings is 1. The first kappa shape index (κ1) is 17.0. The summed E-state index contributed by atoms with van der Waals surface area (Å²) in [4.78, 5) is 15.0. The minimum absolute atomic E-state index is 0.0925. The topological polar surface area (TPSA) is 68.0 Å². The van der Waals surface area contributed by atoms with Gasteiger partial charge >= 0.3 is 12.1 Å². The molecule has 0 spiro atoms. The maximum absolute atomic E-state index is 12.4. The van der Waals surface area contributed by atoms with Gasteiger partial charge in [0.2, 0.25) is 11.7 Å². The number of nitrogens with one attached hydrogen (secondary N) is 1. The molecule has 1 N–H and O–H groups in total. The van der Waals surface area contributed by atoms with E-state index in [0.29, 0.717) is 12.1 Å². The van der Waals surface area contributed by atoms with Crippen LogP contribution in [0.5, 0.6) is 0 Å². The number of unbranched alkanes of at least 4 members (excludes halogenated alkanes) is 1. The van der Waals surface area contributed by atoms with Crippen molar-refractivity contribution in [2.24, 2.45) is 0 Å². The summed E-state index contributed by atoms with van der Waals surface area (Å²) >= 11 is 0. The van der Waals surface area contributed by atoms with E-state index in [1.165, 1.54) is 0 Å². The summed E-state index contributed by atoms with van der Waals surface area (Å²) < 4.78 is 41.4. The Morgan fingerprint density at radius 1 is 1.26 bits per heavy atom. The molecule has 8 heteroatoms. The molecule has 0 fully saturated rings. The van der Waals surface area contributed by atoms with Crippen LogP contribution in [0.4, 0.5) is 13.2 Å². The molecule has 2 aromatic rings. The molecule has 0 aliphatic carbocycles. The van der Waals surface area contributed by atoms with E-state index < -0.39 is 12.1 Å². The molecule has 1 aromatic carbocycles. The van der Waals surface area contributed by atoms with Crippen LogP contribution in [0.15, 0.2) is 28.8 Å². The van der Waals surface area contributed by atoms with Crippen LogP contribution in [0, 0.1) is 0 Å². The molecule has 1 aromatic heterocycles. The van der Waals surface area contributed by atoms with Gasteiger partial charge in [-0.05, 0) is 12.0 Å². The number of aromatic nitrogens is 2. The van der Waals surface area contributed by atoms with Crippen LogP contribution in [0.1, 0.15) is 31.2 Å². The van der Waals surface area contributed by atoms with E-state index in [9.17, 15) is 18.0 Å². The molecule has 0 bridgehead atoms. The van der Waals surface area contributed by atoms with E-state index in [0.717, 1.165) is 18.4 Å². The molecule has 2 rings (SSSR count). The number of hydrogen-bond donors (Lipinski definition) is 1. The Kier molecular flexibility index (Phi) is 5.36. The molecule has 0 aliphatic heterocycles. The van der Waals surface area contributed by atoms with Gasteiger partial charge in [-0.1, -0.05) is 42.8 Å². The number of nitrogens with zero attached hydrogens (tertiary/aromatic N) is 2. The zero-order valence-corrected chi connectivity index (χ0v) is 12.5. The third kappa shape index (κ3) is 4.80. The van der Waals surface area contributed by atoms with Gasteiger partial charge in [0.25, 0.3) is 0 Å². The number of halogens is 3. The van der Waals surface area contributed by atoms with Crippen molar-refractivity contribution in [1.29, 1.82) is 0 Å². The summed E-state index contributed by atoms with van der Waals surface area (Å²) in [6, 6.07) is 6.41. The quantitative estimate of drug-likeness (QED) is 0.827. The fourth-order valence-corrected chi connectivity index (χ4v) is 1.88. The molecule has 23 heavy (non-hydrogen) atoms. The average Bonchev–Trinajstić information content (AvgIpc) is 2.98. The third-order valence-electron chi connectivity index (χ3n) is 3.10. The molecule has 0 unspecified atom stereocenters. The van der Waals surface area contributed by atoms with E-state index in [4.69, 9.17) is 0 Å². The van der Waals surface area contributed by atoms with Gasteiger partial charge in [-0.3, -0.25) is 4.79 Å². The summed E-state index contributed by atoms with van der Waals surface area (Å²) in [5, 5.41) is 6.10. The monoisotopic (exact) mass is 327 g/mol. The standard InChI is InChI=1S/C15H16F3N3O2/c1-2-3-8-19-12(22)9-10-4-6-11(7-5-10)13-20-14(23-21-13)15(16,17)18/h4-7H,2-3,8-9H2,1H3,(H,19,22). The van der Waals surface area contributed by atoms with E-state index in [2.05, 4.69) is 20.0 Å². The number of alkyl halides is 3. The highest BCUT2D eigenvalue weighted by Gasteiger charge is 2.38. The molecule has 0 atom stereocenters. The predicted octanol–water partition coefficient (Wildman–Crippen LogP) is 3.21. The Morgan fingerprint density at radius 2 is 1.96 bits per heavy atom. The fourth-order valence-electron chi connectivity index (χ4n) is 1.88. The summed E-state index contributed by atoms with van der Waals surface area (Å²) in [6.45, 7) is 2.67. The van der Waals surface area contributed by atoms with Gasteiger partial charge in [-0.2, -0.15) is 18.2 Å². The molecular weight excluding hydrogens is 311 g/mol. The van der Waals surface area contributed by atoms with Crippen molar-refractivity contribution in [3.63, 3.8) is 0 Å². The molecule has 1 heterocycles. The number of hydrogen-bond acceptors (Lipinski definition) is 4. The van der Waals surface area contributed by atoms with E-state index in [1.807, 2.05) is 6.92 Å². The van der Waals surface area contributed by atoms with E-state index >= 15 is 0 Å². The Balaban J connectivity index is 1.99. The molecule has 5 nitrogen and oxygen atoms in total. The van der Waals surface area contributed by atoms with Gasteiger partial charge in [0, 0.05) is 12.1 Å². The SMILES string of the molecule is CCCCNC(=O)Cc1ccc(-c2noc(C(F)(F)F)n2)cc1. The second-order valence-electron chi connectivity index (χ2n) is 5.00. The minimum Gasteiger partial charge on any atom is -0.356 e. The van der Waals surface area contributed by atoms with Crippen LogP contribution in [0.25, 0.3) is 11.4 Å². The van der Waals surface area contributed by atoms with Crippen molar-refractivity contribution in [3.8, 4) is 11.4 Å². The van der Waals surface area contributed by atoms with Crippen molar-refractivity contribution in [1.82, 2.24) is 15.5 Å². The molecule has 124 valence electrons. The normalized spacial score (nSPS) is 11.5. The van der Waals surface area contributed by atoms with Crippen molar-refractivity contribution in [2.45, 2.75) is 32.4 Å². The molecule has 0 saturated carbocycles. The highest BCUT2D eigenvalue weighted by atomic mass is 19.4. The molecular formula is C15H16F3N3O2. The smallest absolute Gasteiger partial charge is 0.356 e. The minimum atomic E-state index is -4.66. The number of carbonyl (C=O) groups is 1. The van der Waals surface area contributed by atoms with Crippen molar-refractivity contribution >= 4 is 5.91 Å². The Labute approximate surface area is 130 Å². The Bertz CT molecular complexity index is 651. The number of carbonyl (C=O) groups excluding carboxylic acids is 1. The highest BCUT2D eigenvalue weighted by molar-refractivity contribution is 5.78. The van der Waals surface area contributed by atoms with E-state index in [-0.39, 0.29) is 18.2 Å². The fraction of sp³-hybridized carbons (Fsp3) is 0.400. The van der Waals surface area contributed by atoms with Crippen molar-refractivity contribution < 1.29 is 22.5 Å². The first-order valence-electron chi connectivity index (χ1n) is 7.17. The summed E-state index contributed by atoms with van der Waals surface area (Å²) in [7, 11) is 0. The lowest BCUT2D eigenvalue weighted by molar-refractivity contribution is -0.159. The van der Waals surface area contributed by atoms with Crippen molar-refractivity contribution in [2.75, 3.05) is 6.54 Å². The highest BCUT2D eigenvalue weighted by Crippen LogP contribution is 2.29. The van der Waals surface area contributed by atoms with Gasteiger partial charge in [-0.25, -0.2) is 0 Å².